The van der Waals surface area contributed by atoms with Crippen molar-refractivity contribution in [2.45, 2.75) is 58.8 Å². The van der Waals surface area contributed by atoms with E-state index < -0.39 is 11.9 Å². The third-order valence-corrected chi connectivity index (χ3v) is 3.89. The lowest BCUT2D eigenvalue weighted by atomic mass is 9.74. The van der Waals surface area contributed by atoms with Crippen LogP contribution in [0.25, 0.3) is 0 Å². The molecule has 0 saturated carbocycles. The summed E-state index contributed by atoms with van der Waals surface area (Å²) in [4.78, 5) is 34.0. The Morgan fingerprint density at radius 3 is 2.29 bits per heavy atom. The van der Waals surface area contributed by atoms with Gasteiger partial charge in [-0.1, -0.05) is 32.9 Å². The Morgan fingerprint density at radius 1 is 1.12 bits per heavy atom. The fraction of sp³-hybridized carbons (Fsp3) is 0.526. The lowest BCUT2D eigenvalue weighted by molar-refractivity contribution is -0.160. The number of phenolic OH excluding ortho intramolecular Hbond substituents is 1. The van der Waals surface area contributed by atoms with Crippen molar-refractivity contribution in [1.29, 1.82) is 0 Å². The minimum atomic E-state index is -0.552. The number of benzene rings is 1. The lowest BCUT2D eigenvalue weighted by Gasteiger charge is -2.30. The number of aldehydes is 1. The van der Waals surface area contributed by atoms with Gasteiger partial charge in [-0.05, 0) is 41.9 Å². The molecule has 0 spiro atoms. The highest BCUT2D eigenvalue weighted by atomic mass is 16.6. The van der Waals surface area contributed by atoms with Gasteiger partial charge in [-0.3, -0.25) is 9.59 Å². The molecule has 5 heteroatoms. The molecule has 0 bridgehead atoms. The number of unbranched alkanes of at least 4 members (excludes halogenated alkanes) is 2. The maximum atomic E-state index is 12.1. The topological polar surface area (TPSA) is 80.7 Å². The van der Waals surface area contributed by atoms with Gasteiger partial charge in [-0.15, -0.1) is 0 Å². The van der Waals surface area contributed by atoms with E-state index in [0.29, 0.717) is 19.3 Å². The quantitative estimate of drug-likeness (QED) is 0.339. The maximum Gasteiger partial charge on any atom is 0.314 e. The molecule has 1 aromatic carbocycles. The molecule has 0 aliphatic rings. The predicted octanol–water partition coefficient (Wildman–Crippen LogP) is 3.74. The Labute approximate surface area is 143 Å². The first kappa shape index (κ1) is 19.9. The number of carbonyl (C=O) groups is 3. The second-order valence-electron chi connectivity index (χ2n) is 6.97. The van der Waals surface area contributed by atoms with Crippen LogP contribution in [0.3, 0.4) is 0 Å². The molecule has 5 nitrogen and oxygen atoms in total. The van der Waals surface area contributed by atoms with Gasteiger partial charge in [0, 0.05) is 12.8 Å². The Bertz CT molecular complexity index is 554. The van der Waals surface area contributed by atoms with Gasteiger partial charge in [0.1, 0.15) is 12.0 Å². The molecule has 0 saturated heterocycles. The van der Waals surface area contributed by atoms with Gasteiger partial charge in [0.05, 0.1) is 6.42 Å². The van der Waals surface area contributed by atoms with Crippen molar-refractivity contribution in [1.82, 2.24) is 0 Å². The molecule has 1 atom stereocenters. The summed E-state index contributed by atoms with van der Waals surface area (Å²) in [6.45, 7) is 6.04. The smallest absolute Gasteiger partial charge is 0.314 e. The molecule has 132 valence electrons. The van der Waals surface area contributed by atoms with E-state index in [1.807, 2.05) is 20.8 Å². The number of hydrogen-bond acceptors (Lipinski definition) is 5. The van der Waals surface area contributed by atoms with Crippen LogP contribution in [-0.4, -0.2) is 23.3 Å². The SMILES string of the molecule is CC(C)(C)C(CC(=O)OC(=O)CCCCC=O)c1ccc(O)cc1. The number of carbonyl (C=O) groups excluding carboxylic acids is 3. The first-order chi connectivity index (χ1) is 11.2. The Kier molecular flexibility index (Phi) is 7.62. The van der Waals surface area contributed by atoms with E-state index in [4.69, 9.17) is 4.74 Å². The van der Waals surface area contributed by atoms with E-state index >= 15 is 0 Å². The zero-order valence-corrected chi connectivity index (χ0v) is 14.6. The number of ether oxygens (including phenoxy) is 1. The van der Waals surface area contributed by atoms with Crippen molar-refractivity contribution in [3.05, 3.63) is 29.8 Å². The number of rotatable bonds is 8. The molecular weight excluding hydrogens is 308 g/mol. The van der Waals surface area contributed by atoms with Crippen LogP contribution in [0.1, 0.15) is 64.4 Å². The molecule has 1 aromatic rings. The van der Waals surface area contributed by atoms with Gasteiger partial charge in [0.25, 0.3) is 0 Å². The van der Waals surface area contributed by atoms with Crippen molar-refractivity contribution in [3.63, 3.8) is 0 Å². The Hall–Kier alpha value is -2.17. The van der Waals surface area contributed by atoms with Gasteiger partial charge in [-0.25, -0.2) is 0 Å². The summed E-state index contributed by atoms with van der Waals surface area (Å²) in [5.41, 5.74) is 0.707. The molecule has 0 amide bonds. The van der Waals surface area contributed by atoms with E-state index in [-0.39, 0.29) is 29.9 Å². The molecular formula is C19H26O5. The van der Waals surface area contributed by atoms with Crippen molar-refractivity contribution < 1.29 is 24.2 Å². The van der Waals surface area contributed by atoms with E-state index in [1.54, 1.807) is 24.3 Å². The van der Waals surface area contributed by atoms with Crippen LogP contribution in [0.5, 0.6) is 5.75 Å². The van der Waals surface area contributed by atoms with E-state index in [1.165, 1.54) is 0 Å². The lowest BCUT2D eigenvalue weighted by Crippen LogP contribution is -2.24. The Morgan fingerprint density at radius 2 is 1.75 bits per heavy atom. The summed E-state index contributed by atoms with van der Waals surface area (Å²) in [7, 11) is 0. The summed E-state index contributed by atoms with van der Waals surface area (Å²) >= 11 is 0. The predicted molar refractivity (Wildman–Crippen MR) is 90.6 cm³/mol. The average Bonchev–Trinajstić information content (AvgIpc) is 2.49. The van der Waals surface area contributed by atoms with E-state index in [0.717, 1.165) is 11.8 Å². The third-order valence-electron chi connectivity index (χ3n) is 3.89. The van der Waals surface area contributed by atoms with Crippen LogP contribution in [0, 0.1) is 5.41 Å². The highest BCUT2D eigenvalue weighted by Gasteiger charge is 2.29. The van der Waals surface area contributed by atoms with Crippen LogP contribution in [0.2, 0.25) is 0 Å². The number of esters is 2. The maximum absolute atomic E-state index is 12.1. The summed E-state index contributed by atoms with van der Waals surface area (Å²) in [6.07, 6.45) is 2.60. The van der Waals surface area contributed by atoms with Gasteiger partial charge in [-0.2, -0.15) is 0 Å². The molecule has 0 aromatic heterocycles. The van der Waals surface area contributed by atoms with Crippen LogP contribution in [-0.2, 0) is 19.1 Å². The summed E-state index contributed by atoms with van der Waals surface area (Å²) in [6, 6.07) is 6.72. The largest absolute Gasteiger partial charge is 0.508 e. The van der Waals surface area contributed by atoms with Gasteiger partial charge in [0.2, 0.25) is 0 Å². The van der Waals surface area contributed by atoms with Gasteiger partial charge in [0.15, 0.2) is 0 Å². The zero-order valence-electron chi connectivity index (χ0n) is 14.6. The standard InChI is InChI=1S/C19H26O5/c1-19(2,3)16(14-8-10-15(21)11-9-14)13-18(23)24-17(22)7-5-4-6-12-20/h8-12,16,21H,4-7,13H2,1-3H3. The van der Waals surface area contributed by atoms with Crippen molar-refractivity contribution in [3.8, 4) is 5.75 Å². The highest BCUT2D eigenvalue weighted by molar-refractivity contribution is 5.85. The molecule has 24 heavy (non-hydrogen) atoms. The minimum absolute atomic E-state index is 0.0916. The van der Waals surface area contributed by atoms with E-state index in [9.17, 15) is 19.5 Å². The zero-order chi connectivity index (χ0) is 18.2. The molecule has 0 aliphatic heterocycles. The molecule has 0 radical (unpaired) electrons. The molecule has 0 heterocycles. The normalized spacial score (nSPS) is 12.5. The van der Waals surface area contributed by atoms with Crippen LogP contribution in [0.15, 0.2) is 24.3 Å². The number of phenols is 1. The first-order valence-corrected chi connectivity index (χ1v) is 8.20. The minimum Gasteiger partial charge on any atom is -0.508 e. The summed E-state index contributed by atoms with van der Waals surface area (Å²) in [5.74, 6) is -1.07. The number of aromatic hydroxyl groups is 1. The third kappa shape index (κ3) is 6.94. The van der Waals surface area contributed by atoms with Crippen LogP contribution in [0.4, 0.5) is 0 Å². The molecule has 1 N–H and O–H groups in total. The second kappa shape index (κ2) is 9.21. The fourth-order valence-corrected chi connectivity index (χ4v) is 2.51. The van der Waals surface area contributed by atoms with Gasteiger partial charge >= 0.3 is 11.9 Å². The summed E-state index contributed by atoms with van der Waals surface area (Å²) in [5, 5.41) is 9.40. The molecule has 1 rings (SSSR count). The number of hydrogen-bond donors (Lipinski definition) is 1. The van der Waals surface area contributed by atoms with Crippen LogP contribution >= 0.6 is 0 Å². The second-order valence-corrected chi connectivity index (χ2v) is 6.97. The van der Waals surface area contributed by atoms with Gasteiger partial charge < -0.3 is 14.6 Å². The molecule has 0 fully saturated rings. The molecule has 1 unspecified atom stereocenters. The van der Waals surface area contributed by atoms with E-state index in [2.05, 4.69) is 0 Å². The Balaban J connectivity index is 2.64. The van der Waals surface area contributed by atoms with Crippen molar-refractivity contribution >= 4 is 18.2 Å². The van der Waals surface area contributed by atoms with Crippen molar-refractivity contribution in [2.24, 2.45) is 5.41 Å². The van der Waals surface area contributed by atoms with Crippen molar-refractivity contribution in [2.75, 3.05) is 0 Å². The fourth-order valence-electron chi connectivity index (χ4n) is 2.51. The van der Waals surface area contributed by atoms with Crippen LogP contribution < -0.4 is 0 Å². The highest BCUT2D eigenvalue weighted by Crippen LogP contribution is 2.38. The average molecular weight is 334 g/mol. The molecule has 0 aliphatic carbocycles. The summed E-state index contributed by atoms with van der Waals surface area (Å²) < 4.78 is 4.89. The first-order valence-electron chi connectivity index (χ1n) is 8.20. The monoisotopic (exact) mass is 334 g/mol.